The number of benzene rings is 1. The number of aromatic nitrogens is 1. The van der Waals surface area contributed by atoms with Crippen LogP contribution in [0.4, 0.5) is 11.5 Å². The molecule has 21 heavy (non-hydrogen) atoms. The fourth-order valence-electron chi connectivity index (χ4n) is 1.82. The van der Waals surface area contributed by atoms with Crippen LogP contribution >= 0.6 is 27.5 Å². The zero-order valence-corrected chi connectivity index (χ0v) is 14.0. The van der Waals surface area contributed by atoms with Crippen molar-refractivity contribution in [1.82, 2.24) is 4.98 Å². The summed E-state index contributed by atoms with van der Waals surface area (Å²) in [5, 5.41) is 6.25. The molecule has 0 aliphatic heterocycles. The monoisotopic (exact) mass is 367 g/mol. The third kappa shape index (κ3) is 3.74. The first-order chi connectivity index (χ1) is 10.0. The molecule has 0 saturated carbocycles. The van der Waals surface area contributed by atoms with Gasteiger partial charge in [0.25, 0.3) is 5.91 Å². The molecular weight excluding hydrogens is 354 g/mol. The van der Waals surface area contributed by atoms with E-state index in [1.807, 2.05) is 32.0 Å². The van der Waals surface area contributed by atoms with E-state index in [0.717, 1.165) is 22.3 Å². The van der Waals surface area contributed by atoms with Crippen molar-refractivity contribution in [2.45, 2.75) is 13.8 Å². The molecule has 1 heterocycles. The first kappa shape index (κ1) is 15.8. The Bertz CT molecular complexity index is 676. The Hall–Kier alpha value is -1.59. The Kier molecular flexibility index (Phi) is 5.20. The quantitative estimate of drug-likeness (QED) is 0.836. The second-order valence-corrected chi connectivity index (χ2v) is 5.71. The van der Waals surface area contributed by atoms with E-state index in [-0.39, 0.29) is 5.91 Å². The highest BCUT2D eigenvalue weighted by molar-refractivity contribution is 9.10. The summed E-state index contributed by atoms with van der Waals surface area (Å²) >= 11 is 9.51. The van der Waals surface area contributed by atoms with Crippen LogP contribution < -0.4 is 10.6 Å². The normalized spacial score (nSPS) is 10.3. The van der Waals surface area contributed by atoms with E-state index in [0.29, 0.717) is 16.4 Å². The van der Waals surface area contributed by atoms with Crippen LogP contribution in [0.1, 0.15) is 22.8 Å². The Morgan fingerprint density at radius 3 is 2.90 bits per heavy atom. The summed E-state index contributed by atoms with van der Waals surface area (Å²) in [6.07, 6.45) is 1.47. The summed E-state index contributed by atoms with van der Waals surface area (Å²) < 4.78 is 0.939. The zero-order chi connectivity index (χ0) is 15.4. The highest BCUT2D eigenvalue weighted by Crippen LogP contribution is 2.25. The standard InChI is InChI=1S/C15H15BrClN3O/c1-3-18-14-7-10(12(17)8-19-14)15(21)20-13-6-4-5-11(16)9(13)2/h4-8H,3H2,1-2H3,(H,18,19)(H,20,21). The minimum absolute atomic E-state index is 0.261. The fourth-order valence-corrected chi connectivity index (χ4v) is 2.38. The van der Waals surface area contributed by atoms with E-state index in [4.69, 9.17) is 11.6 Å². The van der Waals surface area contributed by atoms with Gasteiger partial charge in [-0.3, -0.25) is 4.79 Å². The number of pyridine rings is 1. The maximum Gasteiger partial charge on any atom is 0.257 e. The van der Waals surface area contributed by atoms with E-state index in [2.05, 4.69) is 31.5 Å². The van der Waals surface area contributed by atoms with Gasteiger partial charge in [0.2, 0.25) is 0 Å². The molecular formula is C15H15BrClN3O. The minimum atomic E-state index is -0.261. The first-order valence-electron chi connectivity index (χ1n) is 6.48. The van der Waals surface area contributed by atoms with Crippen molar-refractivity contribution in [2.24, 2.45) is 0 Å². The average molecular weight is 369 g/mol. The van der Waals surface area contributed by atoms with Crippen molar-refractivity contribution in [3.05, 3.63) is 51.1 Å². The Balaban J connectivity index is 2.28. The molecule has 1 amide bonds. The molecule has 4 nitrogen and oxygen atoms in total. The summed E-state index contributed by atoms with van der Waals surface area (Å²) in [5.41, 5.74) is 2.09. The largest absolute Gasteiger partial charge is 0.370 e. The molecule has 2 N–H and O–H groups in total. The first-order valence-corrected chi connectivity index (χ1v) is 7.66. The zero-order valence-electron chi connectivity index (χ0n) is 11.7. The Morgan fingerprint density at radius 1 is 1.43 bits per heavy atom. The van der Waals surface area contributed by atoms with Crippen LogP contribution in [-0.2, 0) is 0 Å². The van der Waals surface area contributed by atoms with Gasteiger partial charge in [-0.2, -0.15) is 0 Å². The smallest absolute Gasteiger partial charge is 0.257 e. The molecule has 0 unspecified atom stereocenters. The lowest BCUT2D eigenvalue weighted by Crippen LogP contribution is -2.14. The molecule has 0 fully saturated rings. The second kappa shape index (κ2) is 6.91. The van der Waals surface area contributed by atoms with Gasteiger partial charge in [0.1, 0.15) is 5.82 Å². The van der Waals surface area contributed by atoms with Crippen LogP contribution in [0, 0.1) is 6.92 Å². The molecule has 6 heteroatoms. The van der Waals surface area contributed by atoms with Crippen LogP contribution in [-0.4, -0.2) is 17.4 Å². The lowest BCUT2D eigenvalue weighted by atomic mass is 10.2. The Labute approximate surface area is 137 Å². The van der Waals surface area contributed by atoms with Gasteiger partial charge in [-0.1, -0.05) is 33.6 Å². The maximum atomic E-state index is 12.4. The second-order valence-electron chi connectivity index (χ2n) is 4.45. The van der Waals surface area contributed by atoms with Crippen LogP contribution in [0.3, 0.4) is 0 Å². The third-order valence-electron chi connectivity index (χ3n) is 2.97. The van der Waals surface area contributed by atoms with Crippen molar-refractivity contribution in [3.8, 4) is 0 Å². The van der Waals surface area contributed by atoms with Gasteiger partial charge in [0.05, 0.1) is 10.6 Å². The van der Waals surface area contributed by atoms with Gasteiger partial charge in [-0.25, -0.2) is 4.98 Å². The average Bonchev–Trinajstić information content (AvgIpc) is 2.46. The van der Waals surface area contributed by atoms with Crippen LogP contribution in [0.25, 0.3) is 0 Å². The molecule has 0 spiro atoms. The topological polar surface area (TPSA) is 54.0 Å². The van der Waals surface area contributed by atoms with E-state index in [1.165, 1.54) is 6.20 Å². The maximum absolute atomic E-state index is 12.4. The molecule has 0 radical (unpaired) electrons. The summed E-state index contributed by atoms with van der Waals surface area (Å²) in [4.78, 5) is 16.5. The number of anilines is 2. The molecule has 0 atom stereocenters. The van der Waals surface area contributed by atoms with Crippen LogP contribution in [0.15, 0.2) is 34.9 Å². The molecule has 0 saturated heterocycles. The van der Waals surface area contributed by atoms with E-state index >= 15 is 0 Å². The lowest BCUT2D eigenvalue weighted by molar-refractivity contribution is 0.102. The highest BCUT2D eigenvalue weighted by Gasteiger charge is 2.13. The van der Waals surface area contributed by atoms with Gasteiger partial charge in [0, 0.05) is 22.9 Å². The number of carbonyl (C=O) groups is 1. The summed E-state index contributed by atoms with van der Waals surface area (Å²) in [6, 6.07) is 7.28. The van der Waals surface area contributed by atoms with Gasteiger partial charge < -0.3 is 10.6 Å². The number of halogens is 2. The molecule has 0 aliphatic rings. The molecule has 0 bridgehead atoms. The lowest BCUT2D eigenvalue weighted by Gasteiger charge is -2.11. The van der Waals surface area contributed by atoms with Crippen molar-refractivity contribution < 1.29 is 4.79 Å². The molecule has 0 aliphatic carbocycles. The predicted molar refractivity (Wildman–Crippen MR) is 90.2 cm³/mol. The molecule has 1 aromatic heterocycles. The van der Waals surface area contributed by atoms with Crippen LogP contribution in [0.2, 0.25) is 5.02 Å². The fraction of sp³-hybridized carbons (Fsp3) is 0.200. The van der Waals surface area contributed by atoms with E-state index in [9.17, 15) is 4.79 Å². The number of hydrogen-bond donors (Lipinski definition) is 2. The summed E-state index contributed by atoms with van der Waals surface area (Å²) in [7, 11) is 0. The van der Waals surface area contributed by atoms with Crippen molar-refractivity contribution >= 4 is 44.9 Å². The van der Waals surface area contributed by atoms with Crippen molar-refractivity contribution in [3.63, 3.8) is 0 Å². The van der Waals surface area contributed by atoms with Crippen molar-refractivity contribution in [2.75, 3.05) is 17.2 Å². The summed E-state index contributed by atoms with van der Waals surface area (Å²) in [5.74, 6) is 0.362. The minimum Gasteiger partial charge on any atom is -0.370 e. The van der Waals surface area contributed by atoms with E-state index in [1.54, 1.807) is 6.07 Å². The molecule has 110 valence electrons. The van der Waals surface area contributed by atoms with Gasteiger partial charge in [0.15, 0.2) is 0 Å². The van der Waals surface area contributed by atoms with Gasteiger partial charge >= 0.3 is 0 Å². The molecule has 2 aromatic rings. The van der Waals surface area contributed by atoms with E-state index < -0.39 is 0 Å². The summed E-state index contributed by atoms with van der Waals surface area (Å²) in [6.45, 7) is 4.61. The third-order valence-corrected chi connectivity index (χ3v) is 4.13. The number of hydrogen-bond acceptors (Lipinski definition) is 3. The van der Waals surface area contributed by atoms with Crippen LogP contribution in [0.5, 0.6) is 0 Å². The number of nitrogens with one attached hydrogen (secondary N) is 2. The van der Waals surface area contributed by atoms with Crippen molar-refractivity contribution in [1.29, 1.82) is 0 Å². The highest BCUT2D eigenvalue weighted by atomic mass is 79.9. The number of rotatable bonds is 4. The number of nitrogens with zero attached hydrogens (tertiary/aromatic N) is 1. The van der Waals surface area contributed by atoms with Gasteiger partial charge in [-0.05, 0) is 37.6 Å². The Morgan fingerprint density at radius 2 is 2.19 bits per heavy atom. The predicted octanol–water partition coefficient (Wildman–Crippen LogP) is 4.49. The number of amides is 1. The molecule has 2 rings (SSSR count). The molecule has 1 aromatic carbocycles. The SMILES string of the molecule is CCNc1cc(C(=O)Nc2cccc(Br)c2C)c(Cl)cn1. The van der Waals surface area contributed by atoms with Gasteiger partial charge in [-0.15, -0.1) is 0 Å². The number of carbonyl (C=O) groups excluding carboxylic acids is 1.